The largest absolute Gasteiger partial charge is 0.368 e. The van der Waals surface area contributed by atoms with E-state index in [-0.39, 0.29) is 28.6 Å². The Morgan fingerprint density at radius 2 is 1.60 bits per heavy atom. The SMILES string of the molecule is C=C1NN(C(=O)C(=O)N2NC(C)=C3C4[C@@H](C[C@]32O)C4(C)C)[C@]2(O)C[C@@H]3[C@H]([C@@H]12)C3(C)C. The van der Waals surface area contributed by atoms with Gasteiger partial charge in [-0.15, -0.1) is 0 Å². The van der Waals surface area contributed by atoms with Gasteiger partial charge < -0.3 is 10.2 Å². The highest BCUT2D eigenvalue weighted by atomic mass is 16.3. The molecule has 0 spiro atoms. The first-order valence-electron chi connectivity index (χ1n) is 10.8. The summed E-state index contributed by atoms with van der Waals surface area (Å²) in [7, 11) is 0. The number of aliphatic hydroxyl groups is 2. The maximum absolute atomic E-state index is 13.3. The number of hydrogen-bond acceptors (Lipinski definition) is 6. The van der Waals surface area contributed by atoms with Crippen LogP contribution in [-0.4, -0.2) is 43.5 Å². The van der Waals surface area contributed by atoms with Crippen molar-refractivity contribution in [3.8, 4) is 0 Å². The normalized spacial score (nSPS) is 48.0. The molecule has 1 saturated heterocycles. The summed E-state index contributed by atoms with van der Waals surface area (Å²) in [5.41, 5.74) is 5.20. The molecule has 8 heteroatoms. The Hall–Kier alpha value is -2.06. The molecule has 4 saturated carbocycles. The summed E-state index contributed by atoms with van der Waals surface area (Å²) in [6, 6.07) is 0. The second-order valence-corrected chi connectivity index (χ2v) is 11.5. The van der Waals surface area contributed by atoms with Gasteiger partial charge in [-0.05, 0) is 41.4 Å². The molecule has 2 heterocycles. The van der Waals surface area contributed by atoms with E-state index in [2.05, 4.69) is 45.1 Å². The standard InChI is InChI=1S/C22H30N4O4/c1-9-13-15-11(19(15,3)4)7-21(13,29)25(23-9)17(27)18(28)26-22(30)8-12-16(20(12,5)6)14(22)10(2)24-26/h11-13,15-16,23-24,29-30H,1,7-8H2,2-6H3/t11-,12-,13-,15-,16?,21+,22+/m1/s1. The third kappa shape index (κ3) is 1.75. The second kappa shape index (κ2) is 4.72. The van der Waals surface area contributed by atoms with Gasteiger partial charge >= 0.3 is 11.8 Å². The highest BCUT2D eigenvalue weighted by molar-refractivity contribution is 6.35. The first-order chi connectivity index (χ1) is 13.8. The van der Waals surface area contributed by atoms with Gasteiger partial charge in [-0.25, -0.2) is 10.0 Å². The number of fused-ring (bicyclic) bond motifs is 6. The average molecular weight is 415 g/mol. The number of amides is 2. The molecular formula is C22H30N4O4. The fourth-order valence-corrected chi connectivity index (χ4v) is 7.68. The van der Waals surface area contributed by atoms with Gasteiger partial charge in [0, 0.05) is 29.8 Å². The van der Waals surface area contributed by atoms with Crippen molar-refractivity contribution in [2.45, 2.75) is 58.9 Å². The van der Waals surface area contributed by atoms with Gasteiger partial charge in [-0.1, -0.05) is 34.3 Å². The number of nitrogens with zero attached hydrogens (tertiary/aromatic N) is 2. The van der Waals surface area contributed by atoms with Gasteiger partial charge in [0.05, 0.1) is 5.92 Å². The molecule has 0 radical (unpaired) electrons. The third-order valence-electron chi connectivity index (χ3n) is 9.47. The molecule has 6 aliphatic rings. The van der Waals surface area contributed by atoms with Crippen molar-refractivity contribution in [1.82, 2.24) is 20.9 Å². The number of carbonyl (C=O) groups excluding carboxylic acids is 2. The van der Waals surface area contributed by atoms with Crippen LogP contribution in [0.15, 0.2) is 23.5 Å². The molecular weight excluding hydrogens is 384 g/mol. The Bertz CT molecular complexity index is 986. The van der Waals surface area contributed by atoms with Crippen LogP contribution in [0, 0.1) is 40.4 Å². The van der Waals surface area contributed by atoms with Crippen molar-refractivity contribution in [1.29, 1.82) is 0 Å². The fraction of sp³-hybridized carbons (Fsp3) is 0.727. The molecule has 1 unspecified atom stereocenters. The highest BCUT2D eigenvalue weighted by Gasteiger charge is 2.77. The monoisotopic (exact) mass is 414 g/mol. The maximum Gasteiger partial charge on any atom is 0.335 e. The summed E-state index contributed by atoms with van der Waals surface area (Å²) < 4.78 is 0. The molecule has 6 rings (SSSR count). The van der Waals surface area contributed by atoms with Crippen molar-refractivity contribution in [3.63, 3.8) is 0 Å². The van der Waals surface area contributed by atoms with Crippen LogP contribution in [0.5, 0.6) is 0 Å². The van der Waals surface area contributed by atoms with Gasteiger partial charge in [0.2, 0.25) is 0 Å². The Labute approximate surface area is 175 Å². The van der Waals surface area contributed by atoms with Crippen LogP contribution in [0.4, 0.5) is 0 Å². The number of hydrazine groups is 2. The summed E-state index contributed by atoms with van der Waals surface area (Å²) in [5, 5.41) is 24.9. The van der Waals surface area contributed by atoms with E-state index in [1.54, 1.807) is 0 Å². The molecule has 7 atom stereocenters. The minimum Gasteiger partial charge on any atom is -0.368 e. The van der Waals surface area contributed by atoms with E-state index in [0.29, 0.717) is 30.4 Å². The summed E-state index contributed by atoms with van der Waals surface area (Å²) >= 11 is 0. The molecule has 0 bridgehead atoms. The van der Waals surface area contributed by atoms with Crippen LogP contribution in [0.25, 0.3) is 0 Å². The predicted octanol–water partition coefficient (Wildman–Crippen LogP) is 0.813. The second-order valence-electron chi connectivity index (χ2n) is 11.5. The van der Waals surface area contributed by atoms with Crippen molar-refractivity contribution in [3.05, 3.63) is 23.5 Å². The molecule has 30 heavy (non-hydrogen) atoms. The first kappa shape index (κ1) is 18.7. The minimum absolute atomic E-state index is 0.0991. The van der Waals surface area contributed by atoms with Crippen molar-refractivity contribution >= 4 is 11.8 Å². The number of nitrogens with one attached hydrogen (secondary N) is 2. The van der Waals surface area contributed by atoms with E-state index < -0.39 is 23.3 Å². The highest BCUT2D eigenvalue weighted by Crippen LogP contribution is 2.75. The quantitative estimate of drug-likeness (QED) is 0.438. The Kier molecular flexibility index (Phi) is 2.94. The van der Waals surface area contributed by atoms with E-state index in [4.69, 9.17) is 0 Å². The van der Waals surface area contributed by atoms with Gasteiger partial charge in [0.1, 0.15) is 0 Å². The van der Waals surface area contributed by atoms with Crippen LogP contribution < -0.4 is 10.9 Å². The van der Waals surface area contributed by atoms with Crippen LogP contribution in [-0.2, 0) is 9.59 Å². The smallest absolute Gasteiger partial charge is 0.335 e. The lowest BCUT2D eigenvalue weighted by Crippen LogP contribution is -2.62. The Morgan fingerprint density at radius 3 is 2.27 bits per heavy atom. The summed E-state index contributed by atoms with van der Waals surface area (Å²) in [6.07, 6.45) is 0.827. The fourth-order valence-electron chi connectivity index (χ4n) is 7.68. The topological polar surface area (TPSA) is 105 Å². The Morgan fingerprint density at radius 1 is 0.967 bits per heavy atom. The van der Waals surface area contributed by atoms with Gasteiger partial charge in [0.15, 0.2) is 11.4 Å². The zero-order valence-corrected chi connectivity index (χ0v) is 18.1. The van der Waals surface area contributed by atoms with E-state index in [9.17, 15) is 19.8 Å². The lowest BCUT2D eigenvalue weighted by atomic mass is 9.85. The van der Waals surface area contributed by atoms with Gasteiger partial charge in [0.25, 0.3) is 0 Å². The van der Waals surface area contributed by atoms with Crippen molar-refractivity contribution in [2.24, 2.45) is 40.4 Å². The Balaban J connectivity index is 1.27. The third-order valence-corrected chi connectivity index (χ3v) is 9.47. The van der Waals surface area contributed by atoms with Crippen molar-refractivity contribution < 1.29 is 19.8 Å². The van der Waals surface area contributed by atoms with Crippen LogP contribution in [0.3, 0.4) is 0 Å². The maximum atomic E-state index is 13.3. The molecule has 162 valence electrons. The molecule has 2 amide bonds. The number of carbonyl (C=O) groups is 2. The molecule has 4 N–H and O–H groups in total. The molecule has 0 aromatic carbocycles. The molecule has 0 aromatic heterocycles. The molecule has 5 fully saturated rings. The predicted molar refractivity (Wildman–Crippen MR) is 106 cm³/mol. The molecule has 4 aliphatic carbocycles. The molecule has 2 aliphatic heterocycles. The zero-order valence-electron chi connectivity index (χ0n) is 18.1. The van der Waals surface area contributed by atoms with Crippen LogP contribution in [0.1, 0.15) is 47.5 Å². The van der Waals surface area contributed by atoms with E-state index in [0.717, 1.165) is 21.3 Å². The molecule has 0 aromatic rings. The van der Waals surface area contributed by atoms with Crippen LogP contribution >= 0.6 is 0 Å². The zero-order chi connectivity index (χ0) is 21.8. The van der Waals surface area contributed by atoms with Gasteiger partial charge in [-0.2, -0.15) is 0 Å². The lowest BCUT2D eigenvalue weighted by molar-refractivity contribution is -0.184. The van der Waals surface area contributed by atoms with Crippen molar-refractivity contribution in [2.75, 3.05) is 0 Å². The molecule has 8 nitrogen and oxygen atoms in total. The summed E-state index contributed by atoms with van der Waals surface area (Å²) in [6.45, 7) is 14.5. The van der Waals surface area contributed by atoms with E-state index in [1.165, 1.54) is 0 Å². The summed E-state index contributed by atoms with van der Waals surface area (Å²) in [5.74, 6) is -1.00. The number of rotatable bonds is 0. The minimum atomic E-state index is -1.49. The van der Waals surface area contributed by atoms with E-state index >= 15 is 0 Å². The first-order valence-corrected chi connectivity index (χ1v) is 10.8. The number of allylic oxidation sites excluding steroid dienone is 1. The van der Waals surface area contributed by atoms with E-state index in [1.807, 2.05) is 6.92 Å². The number of hydrogen-bond donors (Lipinski definition) is 4. The summed E-state index contributed by atoms with van der Waals surface area (Å²) in [4.78, 5) is 26.5. The lowest BCUT2D eigenvalue weighted by Gasteiger charge is -2.38. The van der Waals surface area contributed by atoms with Gasteiger partial charge in [-0.3, -0.25) is 20.4 Å². The average Bonchev–Trinajstić information content (AvgIpc) is 3.07. The van der Waals surface area contributed by atoms with Crippen LogP contribution in [0.2, 0.25) is 0 Å².